The van der Waals surface area contributed by atoms with Crippen LogP contribution in [0.25, 0.3) is 0 Å². The number of benzene rings is 2. The van der Waals surface area contributed by atoms with E-state index >= 15 is 0 Å². The third-order valence-electron chi connectivity index (χ3n) is 5.74. The SMILES string of the molecule is N=NC(C=Nc1cc(Cl)ccc1O)CC(O)(c1ccccc1)c1cn(C2CC(Cl)C=CC2=O)nn1. The van der Waals surface area contributed by atoms with Crippen molar-refractivity contribution in [2.24, 2.45) is 10.1 Å². The maximum absolute atomic E-state index is 12.4. The van der Waals surface area contributed by atoms with Crippen LogP contribution in [0.15, 0.2) is 77.0 Å². The molecule has 1 heterocycles. The lowest BCUT2D eigenvalue weighted by Gasteiger charge is -2.28. The molecule has 0 saturated carbocycles. The summed E-state index contributed by atoms with van der Waals surface area (Å²) in [6, 6.07) is 11.7. The smallest absolute Gasteiger partial charge is 0.180 e. The Balaban J connectivity index is 1.67. The van der Waals surface area contributed by atoms with Crippen molar-refractivity contribution in [1.29, 1.82) is 5.53 Å². The van der Waals surface area contributed by atoms with E-state index in [1.165, 1.54) is 41.4 Å². The number of allylic oxidation sites excluding steroid dienone is 2. The van der Waals surface area contributed by atoms with Gasteiger partial charge in [0.25, 0.3) is 0 Å². The fourth-order valence-electron chi connectivity index (χ4n) is 3.86. The lowest BCUT2D eigenvalue weighted by Crippen LogP contribution is -2.33. The lowest BCUT2D eigenvalue weighted by atomic mass is 9.85. The molecule has 4 rings (SSSR count). The molecule has 35 heavy (non-hydrogen) atoms. The molecular weight excluding hydrogens is 491 g/mol. The second-order valence-corrected chi connectivity index (χ2v) is 9.15. The van der Waals surface area contributed by atoms with E-state index < -0.39 is 17.7 Å². The van der Waals surface area contributed by atoms with Crippen molar-refractivity contribution in [1.82, 2.24) is 15.0 Å². The number of nitrogens with zero attached hydrogens (tertiary/aromatic N) is 5. The molecule has 0 bridgehead atoms. The maximum Gasteiger partial charge on any atom is 0.180 e. The van der Waals surface area contributed by atoms with Gasteiger partial charge in [0.15, 0.2) is 5.78 Å². The van der Waals surface area contributed by atoms with Crippen LogP contribution in [-0.2, 0) is 10.4 Å². The van der Waals surface area contributed by atoms with Crippen molar-refractivity contribution in [3.63, 3.8) is 0 Å². The van der Waals surface area contributed by atoms with E-state index in [-0.39, 0.29) is 34.7 Å². The number of carbonyl (C=O) groups is 1. The van der Waals surface area contributed by atoms with Crippen molar-refractivity contribution in [2.75, 3.05) is 0 Å². The van der Waals surface area contributed by atoms with Crippen LogP contribution in [-0.4, -0.2) is 48.6 Å². The summed E-state index contributed by atoms with van der Waals surface area (Å²) in [5.41, 5.74) is 6.86. The highest BCUT2D eigenvalue weighted by atomic mass is 35.5. The van der Waals surface area contributed by atoms with E-state index in [4.69, 9.17) is 28.7 Å². The van der Waals surface area contributed by atoms with Crippen LogP contribution < -0.4 is 0 Å². The van der Waals surface area contributed by atoms with Crippen LogP contribution >= 0.6 is 23.2 Å². The topological polar surface area (TPSA) is 137 Å². The van der Waals surface area contributed by atoms with Gasteiger partial charge >= 0.3 is 0 Å². The Labute approximate surface area is 211 Å². The highest BCUT2D eigenvalue weighted by Gasteiger charge is 2.38. The van der Waals surface area contributed by atoms with Crippen LogP contribution in [0.5, 0.6) is 5.75 Å². The Kier molecular flexibility index (Phi) is 7.39. The first-order chi connectivity index (χ1) is 16.8. The second-order valence-electron chi connectivity index (χ2n) is 8.15. The third-order valence-corrected chi connectivity index (χ3v) is 6.30. The van der Waals surface area contributed by atoms with Gasteiger partial charge in [0.2, 0.25) is 0 Å². The van der Waals surface area contributed by atoms with Gasteiger partial charge in [-0.1, -0.05) is 53.2 Å². The molecule has 1 aliphatic rings. The zero-order valence-electron chi connectivity index (χ0n) is 18.4. The molecule has 4 unspecified atom stereocenters. The Morgan fingerprint density at radius 3 is 2.80 bits per heavy atom. The number of nitrogens with one attached hydrogen (secondary N) is 1. The quantitative estimate of drug-likeness (QED) is 0.227. The molecule has 4 atom stereocenters. The summed E-state index contributed by atoms with van der Waals surface area (Å²) in [6.07, 6.45) is 6.18. The van der Waals surface area contributed by atoms with Crippen molar-refractivity contribution in [2.45, 2.75) is 35.9 Å². The predicted octanol–water partition coefficient (Wildman–Crippen LogP) is 4.74. The molecule has 0 saturated heterocycles. The maximum atomic E-state index is 12.4. The fourth-order valence-corrected chi connectivity index (χ4v) is 4.27. The first kappa shape index (κ1) is 24.7. The summed E-state index contributed by atoms with van der Waals surface area (Å²) in [5, 5.41) is 33.8. The van der Waals surface area contributed by atoms with Crippen LogP contribution in [0.3, 0.4) is 0 Å². The van der Waals surface area contributed by atoms with Gasteiger partial charge in [0, 0.05) is 17.7 Å². The Morgan fingerprint density at radius 1 is 1.29 bits per heavy atom. The van der Waals surface area contributed by atoms with Gasteiger partial charge in [0.05, 0.1) is 11.6 Å². The molecule has 1 aromatic heterocycles. The number of aliphatic imine (C=N–C) groups is 1. The Bertz CT molecular complexity index is 1280. The van der Waals surface area contributed by atoms with E-state index in [0.717, 1.165) is 0 Å². The molecule has 0 fully saturated rings. The summed E-state index contributed by atoms with van der Waals surface area (Å²) in [4.78, 5) is 16.6. The highest BCUT2D eigenvalue weighted by molar-refractivity contribution is 6.30. The molecule has 11 heteroatoms. The molecule has 3 aromatic rings. The molecule has 3 N–H and O–H groups in total. The van der Waals surface area contributed by atoms with Gasteiger partial charge < -0.3 is 10.2 Å². The molecule has 0 spiro atoms. The second kappa shape index (κ2) is 10.5. The fraction of sp³-hybridized carbons (Fsp3) is 0.250. The van der Waals surface area contributed by atoms with Crippen molar-refractivity contribution >= 4 is 40.9 Å². The largest absolute Gasteiger partial charge is 0.506 e. The lowest BCUT2D eigenvalue weighted by molar-refractivity contribution is -0.118. The summed E-state index contributed by atoms with van der Waals surface area (Å²) in [6.45, 7) is 0. The minimum Gasteiger partial charge on any atom is -0.506 e. The number of carbonyl (C=O) groups excluding carboxylic acids is 1. The minimum absolute atomic E-state index is 0.0839. The number of aromatic hydroxyl groups is 1. The Morgan fingerprint density at radius 2 is 2.06 bits per heavy atom. The zero-order valence-corrected chi connectivity index (χ0v) is 19.9. The normalized spacial score (nSPS) is 20.6. The van der Waals surface area contributed by atoms with Crippen molar-refractivity contribution in [3.8, 4) is 5.75 Å². The van der Waals surface area contributed by atoms with Crippen molar-refractivity contribution < 1.29 is 15.0 Å². The predicted molar refractivity (Wildman–Crippen MR) is 132 cm³/mol. The molecule has 0 radical (unpaired) electrons. The number of halogens is 2. The molecule has 0 aliphatic heterocycles. The average molecular weight is 513 g/mol. The minimum atomic E-state index is -1.70. The van der Waals surface area contributed by atoms with Gasteiger partial charge in [0.1, 0.15) is 34.8 Å². The highest BCUT2D eigenvalue weighted by Crippen LogP contribution is 2.35. The summed E-state index contributed by atoms with van der Waals surface area (Å²) >= 11 is 12.2. The van der Waals surface area contributed by atoms with Crippen LogP contribution in [0.1, 0.15) is 30.1 Å². The van der Waals surface area contributed by atoms with Gasteiger partial charge in [-0.15, -0.1) is 16.7 Å². The van der Waals surface area contributed by atoms with Gasteiger partial charge in [-0.2, -0.15) is 5.11 Å². The number of rotatable bonds is 8. The number of ketones is 1. The molecule has 9 nitrogen and oxygen atoms in total. The molecule has 180 valence electrons. The number of hydrogen-bond acceptors (Lipinski definition) is 8. The number of phenolic OH excluding ortho intramolecular Hbond substituents is 1. The van der Waals surface area contributed by atoms with Gasteiger partial charge in [-0.25, -0.2) is 10.2 Å². The number of hydrogen-bond donors (Lipinski definition) is 3. The standard InChI is InChI=1S/C24H22Cl2N6O3/c25-16-6-8-21(33)19(10-16)28-13-18(29-27)12-24(35,15-4-2-1-3-5-15)23-14-32(31-30-23)20-11-17(26)7-9-22(20)34/h1-10,13-14,17-18,20,27,33,35H,11-12H2. The number of aromatic nitrogens is 3. The van der Waals surface area contributed by atoms with Gasteiger partial charge in [-0.05, 0) is 36.3 Å². The van der Waals surface area contributed by atoms with Crippen LogP contribution in [0.2, 0.25) is 5.02 Å². The summed E-state index contributed by atoms with van der Waals surface area (Å²) < 4.78 is 1.40. The number of aliphatic hydroxyl groups is 1. The van der Waals surface area contributed by atoms with E-state index in [0.29, 0.717) is 17.0 Å². The zero-order chi connectivity index (χ0) is 25.0. The van der Waals surface area contributed by atoms with Gasteiger partial charge in [-0.3, -0.25) is 9.79 Å². The first-order valence-corrected chi connectivity index (χ1v) is 11.6. The van der Waals surface area contributed by atoms with Crippen LogP contribution in [0, 0.1) is 5.53 Å². The van der Waals surface area contributed by atoms with E-state index in [9.17, 15) is 15.0 Å². The number of alkyl halides is 1. The number of phenols is 1. The molecule has 1 aliphatic carbocycles. The molecule has 0 amide bonds. The summed E-state index contributed by atoms with van der Waals surface area (Å²) in [7, 11) is 0. The third kappa shape index (κ3) is 5.48. The summed E-state index contributed by atoms with van der Waals surface area (Å²) in [5.74, 6) is -0.242. The first-order valence-electron chi connectivity index (χ1n) is 10.8. The van der Waals surface area contributed by atoms with E-state index in [2.05, 4.69) is 20.4 Å². The molecular formula is C24H22Cl2N6O3. The Hall–Kier alpha value is -3.40. The molecule has 2 aromatic carbocycles. The average Bonchev–Trinajstić information content (AvgIpc) is 3.36. The van der Waals surface area contributed by atoms with Crippen LogP contribution in [0.4, 0.5) is 5.69 Å². The van der Waals surface area contributed by atoms with Crippen molar-refractivity contribution in [3.05, 3.63) is 83.2 Å². The van der Waals surface area contributed by atoms with E-state index in [1.807, 2.05) is 6.07 Å². The van der Waals surface area contributed by atoms with E-state index in [1.54, 1.807) is 30.3 Å². The monoisotopic (exact) mass is 512 g/mol.